The Kier molecular flexibility index (Phi) is 3.92. The number of likely N-dealkylation sites (tertiary alicyclic amines) is 1. The molecular formula is C9H20N2O2S. The van der Waals surface area contributed by atoms with Crippen LogP contribution in [0.5, 0.6) is 0 Å². The van der Waals surface area contributed by atoms with Gasteiger partial charge in [0.05, 0.1) is 5.25 Å². The van der Waals surface area contributed by atoms with Crippen LogP contribution in [-0.2, 0) is 10.0 Å². The SMILES string of the molecule is CC(C)NS(=O)(=O)C1CCN(C)CC1. The highest BCUT2D eigenvalue weighted by atomic mass is 32.2. The average Bonchev–Trinajstić information content (AvgIpc) is 2.02. The van der Waals surface area contributed by atoms with E-state index in [1.807, 2.05) is 20.9 Å². The largest absolute Gasteiger partial charge is 0.306 e. The molecule has 1 heterocycles. The summed E-state index contributed by atoms with van der Waals surface area (Å²) in [4.78, 5) is 2.17. The molecule has 1 aliphatic heterocycles. The molecule has 1 rings (SSSR count). The lowest BCUT2D eigenvalue weighted by Crippen LogP contribution is -2.44. The van der Waals surface area contributed by atoms with Crippen LogP contribution < -0.4 is 4.72 Å². The lowest BCUT2D eigenvalue weighted by Gasteiger charge is -2.29. The quantitative estimate of drug-likeness (QED) is 0.749. The fraction of sp³-hybridized carbons (Fsp3) is 1.00. The van der Waals surface area contributed by atoms with Crippen molar-refractivity contribution in [2.75, 3.05) is 20.1 Å². The van der Waals surface area contributed by atoms with E-state index in [4.69, 9.17) is 0 Å². The number of rotatable bonds is 3. The Morgan fingerprint density at radius 3 is 2.21 bits per heavy atom. The van der Waals surface area contributed by atoms with E-state index >= 15 is 0 Å². The van der Waals surface area contributed by atoms with Gasteiger partial charge in [0.15, 0.2) is 0 Å². The Morgan fingerprint density at radius 2 is 1.79 bits per heavy atom. The first-order valence-corrected chi connectivity index (χ1v) is 6.66. The molecule has 0 aromatic rings. The zero-order valence-corrected chi connectivity index (χ0v) is 9.97. The second-order valence-electron chi connectivity index (χ2n) is 4.32. The second kappa shape index (κ2) is 4.59. The molecule has 1 saturated heterocycles. The van der Waals surface area contributed by atoms with Crippen LogP contribution in [0.2, 0.25) is 0 Å². The van der Waals surface area contributed by atoms with Crippen LogP contribution in [-0.4, -0.2) is 44.7 Å². The Labute approximate surface area is 86.7 Å². The Balaban J connectivity index is 2.56. The predicted molar refractivity (Wildman–Crippen MR) is 57.7 cm³/mol. The fourth-order valence-electron chi connectivity index (χ4n) is 1.72. The molecule has 14 heavy (non-hydrogen) atoms. The minimum atomic E-state index is -3.08. The van der Waals surface area contributed by atoms with Gasteiger partial charge in [-0.1, -0.05) is 0 Å². The van der Waals surface area contributed by atoms with Crippen molar-refractivity contribution in [3.63, 3.8) is 0 Å². The molecule has 1 fully saturated rings. The number of nitrogens with zero attached hydrogens (tertiary/aromatic N) is 1. The minimum absolute atomic E-state index is 0.000318. The molecule has 0 aliphatic carbocycles. The molecule has 4 nitrogen and oxygen atoms in total. The fourth-order valence-corrected chi connectivity index (χ4v) is 3.40. The molecule has 0 bridgehead atoms. The van der Waals surface area contributed by atoms with Crippen molar-refractivity contribution in [2.45, 2.75) is 38.0 Å². The van der Waals surface area contributed by atoms with Crippen LogP contribution in [0.3, 0.4) is 0 Å². The zero-order chi connectivity index (χ0) is 10.8. The van der Waals surface area contributed by atoms with Crippen molar-refractivity contribution in [3.8, 4) is 0 Å². The smallest absolute Gasteiger partial charge is 0.214 e. The normalized spacial score (nSPS) is 21.7. The Hall–Kier alpha value is -0.130. The summed E-state index contributed by atoms with van der Waals surface area (Å²) in [5.74, 6) is 0. The highest BCUT2D eigenvalue weighted by molar-refractivity contribution is 7.90. The number of piperidine rings is 1. The maximum Gasteiger partial charge on any atom is 0.214 e. The van der Waals surface area contributed by atoms with Gasteiger partial charge in [0, 0.05) is 6.04 Å². The third-order valence-corrected chi connectivity index (χ3v) is 4.65. The first kappa shape index (κ1) is 11.9. The van der Waals surface area contributed by atoms with Gasteiger partial charge in [-0.25, -0.2) is 13.1 Å². The maximum atomic E-state index is 11.8. The van der Waals surface area contributed by atoms with Gasteiger partial charge in [0.25, 0.3) is 0 Å². The number of hydrogen-bond donors (Lipinski definition) is 1. The standard InChI is InChI=1S/C9H20N2O2S/c1-8(2)10-14(12,13)9-4-6-11(3)7-5-9/h8-10H,4-7H2,1-3H3. The highest BCUT2D eigenvalue weighted by Crippen LogP contribution is 2.16. The van der Waals surface area contributed by atoms with Crippen molar-refractivity contribution in [1.29, 1.82) is 0 Å². The van der Waals surface area contributed by atoms with E-state index < -0.39 is 10.0 Å². The first-order chi connectivity index (χ1) is 6.42. The predicted octanol–water partition coefficient (Wildman–Crippen LogP) is 0.408. The summed E-state index contributed by atoms with van der Waals surface area (Å²) in [6.45, 7) is 5.46. The average molecular weight is 220 g/mol. The Bertz CT molecular complexity index is 267. The lowest BCUT2D eigenvalue weighted by molar-refractivity contribution is 0.277. The summed E-state index contributed by atoms with van der Waals surface area (Å²) in [7, 11) is -1.06. The van der Waals surface area contributed by atoms with Crippen LogP contribution in [0, 0.1) is 0 Å². The summed E-state index contributed by atoms with van der Waals surface area (Å²) in [6.07, 6.45) is 1.50. The van der Waals surface area contributed by atoms with Crippen LogP contribution >= 0.6 is 0 Å². The van der Waals surface area contributed by atoms with Crippen LogP contribution in [0.1, 0.15) is 26.7 Å². The summed E-state index contributed by atoms with van der Waals surface area (Å²) in [6, 6.07) is -0.000318. The van der Waals surface area contributed by atoms with Crippen molar-refractivity contribution in [1.82, 2.24) is 9.62 Å². The molecule has 0 spiro atoms. The molecule has 0 amide bonds. The zero-order valence-electron chi connectivity index (χ0n) is 9.16. The van der Waals surface area contributed by atoms with Gasteiger partial charge in [-0.15, -0.1) is 0 Å². The van der Waals surface area contributed by atoms with Crippen LogP contribution in [0.25, 0.3) is 0 Å². The molecule has 1 aliphatic rings. The number of nitrogens with one attached hydrogen (secondary N) is 1. The monoisotopic (exact) mass is 220 g/mol. The van der Waals surface area contributed by atoms with Crippen molar-refractivity contribution in [2.24, 2.45) is 0 Å². The topological polar surface area (TPSA) is 49.4 Å². The van der Waals surface area contributed by atoms with E-state index in [0.717, 1.165) is 25.9 Å². The van der Waals surface area contributed by atoms with Gasteiger partial charge < -0.3 is 4.90 Å². The van der Waals surface area contributed by atoms with Gasteiger partial charge in [-0.05, 0) is 46.8 Å². The lowest BCUT2D eigenvalue weighted by atomic mass is 10.1. The molecule has 0 unspecified atom stereocenters. The number of hydrogen-bond acceptors (Lipinski definition) is 3. The third-order valence-electron chi connectivity index (χ3n) is 2.50. The van der Waals surface area contributed by atoms with Crippen molar-refractivity contribution < 1.29 is 8.42 Å². The molecule has 84 valence electrons. The van der Waals surface area contributed by atoms with Gasteiger partial charge in [0.1, 0.15) is 0 Å². The van der Waals surface area contributed by atoms with Crippen LogP contribution in [0.4, 0.5) is 0 Å². The van der Waals surface area contributed by atoms with Crippen molar-refractivity contribution >= 4 is 10.0 Å². The van der Waals surface area contributed by atoms with E-state index in [1.54, 1.807) is 0 Å². The number of sulfonamides is 1. The molecule has 0 saturated carbocycles. The van der Waals surface area contributed by atoms with Gasteiger partial charge >= 0.3 is 0 Å². The van der Waals surface area contributed by atoms with Crippen molar-refractivity contribution in [3.05, 3.63) is 0 Å². The first-order valence-electron chi connectivity index (χ1n) is 5.11. The second-order valence-corrected chi connectivity index (χ2v) is 6.31. The molecular weight excluding hydrogens is 200 g/mol. The summed E-state index contributed by atoms with van der Waals surface area (Å²) in [5.41, 5.74) is 0. The minimum Gasteiger partial charge on any atom is -0.306 e. The van der Waals surface area contributed by atoms with E-state index in [0.29, 0.717) is 0 Å². The van der Waals surface area contributed by atoms with E-state index in [1.165, 1.54) is 0 Å². The molecule has 0 aromatic heterocycles. The van der Waals surface area contributed by atoms with E-state index in [2.05, 4.69) is 9.62 Å². The molecule has 5 heteroatoms. The molecule has 1 N–H and O–H groups in total. The summed E-state index contributed by atoms with van der Waals surface area (Å²) >= 11 is 0. The third kappa shape index (κ3) is 3.22. The van der Waals surface area contributed by atoms with Gasteiger partial charge in [-0.3, -0.25) is 0 Å². The van der Waals surface area contributed by atoms with E-state index in [-0.39, 0.29) is 11.3 Å². The summed E-state index contributed by atoms with van der Waals surface area (Å²) in [5, 5.41) is -0.193. The van der Waals surface area contributed by atoms with E-state index in [9.17, 15) is 8.42 Å². The molecule has 0 aromatic carbocycles. The summed E-state index contributed by atoms with van der Waals surface area (Å²) < 4.78 is 26.2. The molecule has 0 radical (unpaired) electrons. The Morgan fingerprint density at radius 1 is 1.29 bits per heavy atom. The molecule has 0 atom stereocenters. The van der Waals surface area contributed by atoms with Gasteiger partial charge in [0.2, 0.25) is 10.0 Å². The van der Waals surface area contributed by atoms with Gasteiger partial charge in [-0.2, -0.15) is 0 Å². The maximum absolute atomic E-state index is 11.8. The van der Waals surface area contributed by atoms with Crippen LogP contribution in [0.15, 0.2) is 0 Å². The highest BCUT2D eigenvalue weighted by Gasteiger charge is 2.28.